The van der Waals surface area contributed by atoms with E-state index in [2.05, 4.69) is 21.2 Å². The van der Waals surface area contributed by atoms with Gasteiger partial charge in [0.15, 0.2) is 0 Å². The molecule has 5 rings (SSSR count). The van der Waals surface area contributed by atoms with Crippen molar-refractivity contribution in [2.75, 3.05) is 25.6 Å². The van der Waals surface area contributed by atoms with E-state index < -0.39 is 0 Å². The number of alkyl halides is 1. The molecule has 1 amide bonds. The minimum absolute atomic E-state index is 0.149. The quantitative estimate of drug-likeness (QED) is 0.509. The molecule has 2 atom stereocenters. The summed E-state index contributed by atoms with van der Waals surface area (Å²) in [6.45, 7) is 1.10. The Labute approximate surface area is 164 Å². The standard InChI is InChI=1S/C21H28BrNO3/c1-25-6-7-26-18-4-2-17(3-5-18)23-19(24)13-20-9-15-8-16(10-20)12-21(22,11-15)14-20/h2-5,15-16H,6-14H2,1H3,(H,23,24). The number of hydrogen-bond donors (Lipinski definition) is 1. The van der Waals surface area contributed by atoms with Crippen LogP contribution in [0.15, 0.2) is 24.3 Å². The van der Waals surface area contributed by atoms with Gasteiger partial charge in [-0.2, -0.15) is 0 Å². The third-order valence-corrected chi connectivity index (χ3v) is 7.27. The third kappa shape index (κ3) is 3.94. The summed E-state index contributed by atoms with van der Waals surface area (Å²) in [6.07, 6.45) is 8.26. The Hall–Kier alpha value is -1.07. The monoisotopic (exact) mass is 421 g/mol. The summed E-state index contributed by atoms with van der Waals surface area (Å²) in [5, 5.41) is 3.09. The lowest BCUT2D eigenvalue weighted by Gasteiger charge is -2.60. The highest BCUT2D eigenvalue weighted by molar-refractivity contribution is 9.10. The number of carbonyl (C=O) groups is 1. The zero-order valence-corrected chi connectivity index (χ0v) is 17.0. The molecule has 5 heteroatoms. The molecule has 2 unspecified atom stereocenters. The number of hydrogen-bond acceptors (Lipinski definition) is 3. The van der Waals surface area contributed by atoms with Crippen LogP contribution in [0.3, 0.4) is 0 Å². The molecular formula is C21H28BrNO3. The van der Waals surface area contributed by atoms with Crippen LogP contribution in [0.5, 0.6) is 5.75 Å². The van der Waals surface area contributed by atoms with Gasteiger partial charge in [0.2, 0.25) is 5.91 Å². The van der Waals surface area contributed by atoms with E-state index in [9.17, 15) is 4.79 Å². The highest BCUT2D eigenvalue weighted by Gasteiger charge is 2.57. The van der Waals surface area contributed by atoms with Crippen LogP contribution in [0.25, 0.3) is 0 Å². The zero-order chi connectivity index (χ0) is 18.2. The second kappa shape index (κ2) is 7.16. The number of rotatable bonds is 7. The molecule has 0 saturated heterocycles. The Morgan fingerprint density at radius 2 is 1.85 bits per heavy atom. The highest BCUT2D eigenvalue weighted by Crippen LogP contribution is 2.65. The largest absolute Gasteiger partial charge is 0.491 e. The van der Waals surface area contributed by atoms with Crippen molar-refractivity contribution in [1.29, 1.82) is 0 Å². The first-order valence-corrected chi connectivity index (χ1v) is 10.5. The van der Waals surface area contributed by atoms with Crippen LogP contribution in [0, 0.1) is 17.3 Å². The van der Waals surface area contributed by atoms with Gasteiger partial charge < -0.3 is 14.8 Å². The van der Waals surface area contributed by atoms with Gasteiger partial charge >= 0.3 is 0 Å². The van der Waals surface area contributed by atoms with Crippen LogP contribution in [0.2, 0.25) is 0 Å². The number of benzene rings is 1. The number of methoxy groups -OCH3 is 1. The van der Waals surface area contributed by atoms with Gasteiger partial charge in [-0.05, 0) is 80.0 Å². The van der Waals surface area contributed by atoms with Gasteiger partial charge in [-0.1, -0.05) is 15.9 Å². The first-order chi connectivity index (χ1) is 12.5. The molecule has 0 aliphatic heterocycles. The van der Waals surface area contributed by atoms with Gasteiger partial charge in [0, 0.05) is 23.5 Å². The summed E-state index contributed by atoms with van der Waals surface area (Å²) < 4.78 is 10.8. The molecule has 4 bridgehead atoms. The Balaban J connectivity index is 1.34. The molecule has 4 aliphatic carbocycles. The highest BCUT2D eigenvalue weighted by atomic mass is 79.9. The molecule has 26 heavy (non-hydrogen) atoms. The summed E-state index contributed by atoms with van der Waals surface area (Å²) in [7, 11) is 1.66. The fraction of sp³-hybridized carbons (Fsp3) is 0.667. The van der Waals surface area contributed by atoms with Gasteiger partial charge in [-0.15, -0.1) is 0 Å². The fourth-order valence-corrected chi connectivity index (χ4v) is 7.48. The van der Waals surface area contributed by atoms with Crippen molar-refractivity contribution >= 4 is 27.5 Å². The van der Waals surface area contributed by atoms with Gasteiger partial charge in [-0.25, -0.2) is 0 Å². The third-order valence-electron chi connectivity index (χ3n) is 6.34. The molecule has 4 fully saturated rings. The van der Waals surface area contributed by atoms with Crippen molar-refractivity contribution in [3.63, 3.8) is 0 Å². The molecular weight excluding hydrogens is 394 g/mol. The number of halogens is 1. The normalized spacial score (nSPS) is 34.7. The minimum atomic E-state index is 0.149. The molecule has 1 aromatic rings. The lowest BCUT2D eigenvalue weighted by atomic mass is 9.48. The van der Waals surface area contributed by atoms with Gasteiger partial charge in [0.25, 0.3) is 0 Å². The predicted octanol–water partition coefficient (Wildman–Crippen LogP) is 4.77. The zero-order valence-electron chi connectivity index (χ0n) is 15.4. The molecule has 1 aromatic carbocycles. The molecule has 0 radical (unpaired) electrons. The Bertz CT molecular complexity index is 646. The van der Waals surface area contributed by atoms with Crippen LogP contribution in [-0.2, 0) is 9.53 Å². The maximum absolute atomic E-state index is 12.7. The molecule has 4 aliphatic rings. The summed E-state index contributed by atoms with van der Waals surface area (Å²) in [5.41, 5.74) is 1.05. The second-order valence-electron chi connectivity index (χ2n) is 8.70. The van der Waals surface area contributed by atoms with Crippen LogP contribution >= 0.6 is 15.9 Å². The molecule has 142 valence electrons. The summed E-state index contributed by atoms with van der Waals surface area (Å²) in [4.78, 5) is 12.7. The SMILES string of the molecule is COCCOc1ccc(NC(=O)CC23CC4CC(CC(Br)(C4)C2)C3)cc1. The van der Waals surface area contributed by atoms with Crippen molar-refractivity contribution in [2.45, 2.75) is 49.3 Å². The van der Waals surface area contributed by atoms with E-state index in [-0.39, 0.29) is 11.3 Å². The average molecular weight is 422 g/mol. The fourth-order valence-electron chi connectivity index (χ4n) is 5.97. The molecule has 4 nitrogen and oxygen atoms in total. The molecule has 1 N–H and O–H groups in total. The minimum Gasteiger partial charge on any atom is -0.491 e. The van der Waals surface area contributed by atoms with Crippen molar-refractivity contribution in [2.24, 2.45) is 17.3 Å². The van der Waals surface area contributed by atoms with Crippen molar-refractivity contribution in [3.8, 4) is 5.75 Å². The number of amides is 1. The lowest BCUT2D eigenvalue weighted by Crippen LogP contribution is -2.53. The number of ether oxygens (including phenoxy) is 2. The van der Waals surface area contributed by atoms with E-state index in [0.29, 0.717) is 24.0 Å². The van der Waals surface area contributed by atoms with Crippen LogP contribution in [-0.4, -0.2) is 30.6 Å². The van der Waals surface area contributed by atoms with Crippen molar-refractivity contribution in [1.82, 2.24) is 0 Å². The van der Waals surface area contributed by atoms with E-state index in [1.165, 1.54) is 32.1 Å². The Morgan fingerprint density at radius 3 is 2.46 bits per heavy atom. The van der Waals surface area contributed by atoms with Crippen LogP contribution < -0.4 is 10.1 Å². The lowest BCUT2D eigenvalue weighted by molar-refractivity contribution is -0.123. The summed E-state index contributed by atoms with van der Waals surface area (Å²) >= 11 is 4.03. The van der Waals surface area contributed by atoms with Crippen molar-refractivity contribution < 1.29 is 14.3 Å². The molecule has 4 saturated carbocycles. The number of anilines is 1. The first kappa shape index (κ1) is 18.3. The Kier molecular flexibility index (Phi) is 5.04. The maximum atomic E-state index is 12.7. The molecule has 0 heterocycles. The van der Waals surface area contributed by atoms with E-state index in [4.69, 9.17) is 9.47 Å². The molecule has 0 spiro atoms. The summed E-state index contributed by atoms with van der Waals surface area (Å²) in [6, 6.07) is 7.60. The first-order valence-electron chi connectivity index (χ1n) is 9.68. The average Bonchev–Trinajstić information content (AvgIpc) is 2.53. The Morgan fingerprint density at radius 1 is 1.15 bits per heavy atom. The van der Waals surface area contributed by atoms with Crippen LogP contribution in [0.1, 0.15) is 44.9 Å². The number of nitrogens with one attached hydrogen (secondary N) is 1. The van der Waals surface area contributed by atoms with Gasteiger partial charge in [0.05, 0.1) is 6.61 Å². The number of carbonyl (C=O) groups excluding carboxylic acids is 1. The van der Waals surface area contributed by atoms with Crippen LogP contribution in [0.4, 0.5) is 5.69 Å². The van der Waals surface area contributed by atoms with E-state index in [1.807, 2.05) is 24.3 Å². The van der Waals surface area contributed by atoms with E-state index in [0.717, 1.165) is 29.7 Å². The van der Waals surface area contributed by atoms with Crippen molar-refractivity contribution in [3.05, 3.63) is 24.3 Å². The van der Waals surface area contributed by atoms with E-state index in [1.54, 1.807) is 7.11 Å². The smallest absolute Gasteiger partial charge is 0.224 e. The second-order valence-corrected chi connectivity index (χ2v) is 10.4. The van der Waals surface area contributed by atoms with Gasteiger partial charge in [-0.3, -0.25) is 4.79 Å². The topological polar surface area (TPSA) is 47.6 Å². The van der Waals surface area contributed by atoms with E-state index >= 15 is 0 Å². The predicted molar refractivity (Wildman–Crippen MR) is 106 cm³/mol. The van der Waals surface area contributed by atoms with Gasteiger partial charge in [0.1, 0.15) is 12.4 Å². The maximum Gasteiger partial charge on any atom is 0.224 e. The molecule has 0 aromatic heterocycles. The summed E-state index contributed by atoms with van der Waals surface area (Å²) in [5.74, 6) is 2.57.